The molecule has 1 aromatic rings. The van der Waals surface area contributed by atoms with E-state index in [-0.39, 0.29) is 17.0 Å². The maximum absolute atomic E-state index is 12.2. The maximum Gasteiger partial charge on any atom is 0.240 e. The summed E-state index contributed by atoms with van der Waals surface area (Å²) in [5, 5.41) is 0. The molecule has 3 N–H and O–H groups in total. The van der Waals surface area contributed by atoms with Crippen LogP contribution in [0.5, 0.6) is 0 Å². The molecular weight excluding hydrogens is 264 g/mol. The van der Waals surface area contributed by atoms with E-state index in [1.54, 1.807) is 12.1 Å². The van der Waals surface area contributed by atoms with E-state index in [9.17, 15) is 8.42 Å². The zero-order chi connectivity index (χ0) is 14.0. The van der Waals surface area contributed by atoms with Gasteiger partial charge >= 0.3 is 0 Å². The number of nitrogen functional groups attached to an aromatic ring is 1. The summed E-state index contributed by atoms with van der Waals surface area (Å²) in [4.78, 5) is 0.218. The molecule has 0 aliphatic heterocycles. The Morgan fingerprint density at radius 3 is 2.68 bits per heavy atom. The summed E-state index contributed by atoms with van der Waals surface area (Å²) in [6, 6.07) is 4.75. The van der Waals surface area contributed by atoms with E-state index in [4.69, 9.17) is 10.5 Å². The fourth-order valence-corrected chi connectivity index (χ4v) is 3.40. The molecule has 0 atom stereocenters. The van der Waals surface area contributed by atoms with Gasteiger partial charge in [0.25, 0.3) is 0 Å². The third-order valence-electron chi connectivity index (χ3n) is 3.38. The Kier molecular flexibility index (Phi) is 4.13. The molecular formula is C13H20N2O3S. The highest BCUT2D eigenvalue weighted by Crippen LogP contribution is 2.25. The number of aryl methyl sites for hydroxylation is 1. The molecule has 106 valence electrons. The Labute approximate surface area is 114 Å². The van der Waals surface area contributed by atoms with Crippen molar-refractivity contribution in [3.8, 4) is 0 Å². The van der Waals surface area contributed by atoms with Gasteiger partial charge in [-0.25, -0.2) is 13.1 Å². The quantitative estimate of drug-likeness (QED) is 0.801. The molecule has 0 unspecified atom stereocenters. The predicted molar refractivity (Wildman–Crippen MR) is 74.3 cm³/mol. The standard InChI is InChI=1S/C13H20N2O3S/c1-3-18-11-6-10(7-11)15-19(16,17)12-5-4-9(2)13(14)8-12/h4-5,8,10-11,15H,3,6-7,14H2,1-2H3. The molecule has 6 heteroatoms. The fraction of sp³-hybridized carbons (Fsp3) is 0.538. The van der Waals surface area contributed by atoms with E-state index in [0.29, 0.717) is 12.3 Å². The van der Waals surface area contributed by atoms with Crippen LogP contribution < -0.4 is 10.5 Å². The topological polar surface area (TPSA) is 81.4 Å². The van der Waals surface area contributed by atoms with Gasteiger partial charge in [-0.3, -0.25) is 0 Å². The number of rotatable bonds is 5. The number of nitrogens with one attached hydrogen (secondary N) is 1. The molecule has 2 rings (SSSR count). The van der Waals surface area contributed by atoms with Gasteiger partial charge < -0.3 is 10.5 Å². The summed E-state index contributed by atoms with van der Waals surface area (Å²) >= 11 is 0. The van der Waals surface area contributed by atoms with E-state index >= 15 is 0 Å². The summed E-state index contributed by atoms with van der Waals surface area (Å²) in [7, 11) is -3.48. The van der Waals surface area contributed by atoms with Crippen LogP contribution in [0.2, 0.25) is 0 Å². The van der Waals surface area contributed by atoms with Crippen LogP contribution in [0.25, 0.3) is 0 Å². The second-order valence-corrected chi connectivity index (χ2v) is 6.60. The second kappa shape index (κ2) is 5.48. The molecule has 1 fully saturated rings. The largest absolute Gasteiger partial charge is 0.398 e. The van der Waals surface area contributed by atoms with Crippen molar-refractivity contribution in [3.05, 3.63) is 23.8 Å². The highest BCUT2D eigenvalue weighted by molar-refractivity contribution is 7.89. The van der Waals surface area contributed by atoms with Crippen molar-refractivity contribution in [3.63, 3.8) is 0 Å². The minimum Gasteiger partial charge on any atom is -0.398 e. The molecule has 0 saturated heterocycles. The van der Waals surface area contributed by atoms with Crippen LogP contribution in [0.3, 0.4) is 0 Å². The average molecular weight is 284 g/mol. The van der Waals surface area contributed by atoms with Gasteiger partial charge in [-0.1, -0.05) is 6.07 Å². The lowest BCUT2D eigenvalue weighted by Gasteiger charge is -2.35. The van der Waals surface area contributed by atoms with Crippen molar-refractivity contribution in [2.45, 2.75) is 43.7 Å². The van der Waals surface area contributed by atoms with Crippen LogP contribution in [0.4, 0.5) is 5.69 Å². The molecule has 0 bridgehead atoms. The van der Waals surface area contributed by atoms with Gasteiger partial charge in [0.05, 0.1) is 11.0 Å². The van der Waals surface area contributed by atoms with Gasteiger partial charge in [-0.05, 0) is 44.4 Å². The van der Waals surface area contributed by atoms with Crippen molar-refractivity contribution in [2.75, 3.05) is 12.3 Å². The molecule has 1 saturated carbocycles. The molecule has 1 aromatic carbocycles. The molecule has 0 amide bonds. The van der Waals surface area contributed by atoms with Gasteiger partial charge in [0.1, 0.15) is 0 Å². The van der Waals surface area contributed by atoms with Crippen LogP contribution >= 0.6 is 0 Å². The summed E-state index contributed by atoms with van der Waals surface area (Å²) in [6.45, 7) is 4.45. The zero-order valence-corrected chi connectivity index (χ0v) is 12.0. The molecule has 0 aromatic heterocycles. The number of benzene rings is 1. The number of hydrogen-bond acceptors (Lipinski definition) is 4. The third-order valence-corrected chi connectivity index (χ3v) is 4.90. The maximum atomic E-state index is 12.2. The monoisotopic (exact) mass is 284 g/mol. The number of anilines is 1. The Morgan fingerprint density at radius 1 is 1.42 bits per heavy atom. The lowest BCUT2D eigenvalue weighted by molar-refractivity contribution is -0.00475. The predicted octanol–water partition coefficient (Wildman–Crippen LogP) is 1.42. The van der Waals surface area contributed by atoms with Gasteiger partial charge in [-0.15, -0.1) is 0 Å². The minimum atomic E-state index is -3.48. The Bertz CT molecular complexity index is 551. The van der Waals surface area contributed by atoms with Crippen molar-refractivity contribution in [1.82, 2.24) is 4.72 Å². The highest BCUT2D eigenvalue weighted by Gasteiger charge is 2.33. The third kappa shape index (κ3) is 3.26. The fourth-order valence-electron chi connectivity index (χ4n) is 2.11. The summed E-state index contributed by atoms with van der Waals surface area (Å²) in [5.74, 6) is 0. The van der Waals surface area contributed by atoms with Crippen LogP contribution in [-0.4, -0.2) is 27.2 Å². The normalized spacial score (nSPS) is 23.1. The zero-order valence-electron chi connectivity index (χ0n) is 11.2. The van der Waals surface area contributed by atoms with Crippen molar-refractivity contribution in [2.24, 2.45) is 0 Å². The molecule has 1 aliphatic carbocycles. The van der Waals surface area contributed by atoms with Crippen LogP contribution in [0.1, 0.15) is 25.3 Å². The Balaban J connectivity index is 2.01. The first-order valence-corrected chi connectivity index (χ1v) is 7.90. The summed E-state index contributed by atoms with van der Waals surface area (Å²) in [6.07, 6.45) is 1.64. The Hall–Kier alpha value is -1.11. The lowest BCUT2D eigenvalue weighted by atomic mass is 9.90. The van der Waals surface area contributed by atoms with Crippen molar-refractivity contribution in [1.29, 1.82) is 0 Å². The molecule has 0 heterocycles. The molecule has 1 aliphatic rings. The highest BCUT2D eigenvalue weighted by atomic mass is 32.2. The van der Waals surface area contributed by atoms with E-state index in [1.807, 2.05) is 13.8 Å². The van der Waals surface area contributed by atoms with Gasteiger partial charge in [-0.2, -0.15) is 0 Å². The SMILES string of the molecule is CCOC1CC(NS(=O)(=O)c2ccc(C)c(N)c2)C1. The van der Waals surface area contributed by atoms with Gasteiger partial charge in [0.2, 0.25) is 10.0 Å². The summed E-state index contributed by atoms with van der Waals surface area (Å²) in [5.41, 5.74) is 7.11. The smallest absolute Gasteiger partial charge is 0.240 e. The summed E-state index contributed by atoms with van der Waals surface area (Å²) < 4.78 is 32.4. The van der Waals surface area contributed by atoms with E-state index in [2.05, 4.69) is 4.72 Å². The van der Waals surface area contributed by atoms with E-state index in [0.717, 1.165) is 18.4 Å². The first-order valence-electron chi connectivity index (χ1n) is 6.42. The van der Waals surface area contributed by atoms with Crippen LogP contribution in [0.15, 0.2) is 23.1 Å². The van der Waals surface area contributed by atoms with E-state index in [1.165, 1.54) is 6.07 Å². The van der Waals surface area contributed by atoms with E-state index < -0.39 is 10.0 Å². The van der Waals surface area contributed by atoms with Crippen LogP contribution in [-0.2, 0) is 14.8 Å². The van der Waals surface area contributed by atoms with Gasteiger partial charge in [0, 0.05) is 18.3 Å². The lowest BCUT2D eigenvalue weighted by Crippen LogP contribution is -2.47. The van der Waals surface area contributed by atoms with Crippen molar-refractivity contribution >= 4 is 15.7 Å². The number of ether oxygens (including phenoxy) is 1. The number of nitrogens with two attached hydrogens (primary N) is 1. The first kappa shape index (κ1) is 14.3. The molecule has 0 spiro atoms. The molecule has 5 nitrogen and oxygen atoms in total. The average Bonchev–Trinajstić information content (AvgIpc) is 2.30. The van der Waals surface area contributed by atoms with Crippen LogP contribution in [0, 0.1) is 6.92 Å². The second-order valence-electron chi connectivity index (χ2n) is 4.89. The number of hydrogen-bond donors (Lipinski definition) is 2. The number of sulfonamides is 1. The molecule has 19 heavy (non-hydrogen) atoms. The van der Waals surface area contributed by atoms with Gasteiger partial charge in [0.15, 0.2) is 0 Å². The first-order chi connectivity index (χ1) is 8.92. The Morgan fingerprint density at radius 2 is 2.11 bits per heavy atom. The molecule has 0 radical (unpaired) electrons. The van der Waals surface area contributed by atoms with Crippen molar-refractivity contribution < 1.29 is 13.2 Å². The minimum absolute atomic E-state index is 0.0379.